The first-order valence-electron chi connectivity index (χ1n) is 10.2. The predicted octanol–water partition coefficient (Wildman–Crippen LogP) is 6.13. The number of aromatic carboxylic acids is 1. The van der Waals surface area contributed by atoms with Crippen molar-refractivity contribution < 1.29 is 14.7 Å². The molecule has 0 saturated carbocycles. The molecule has 160 valence electrons. The molecule has 2 N–H and O–H groups in total. The maximum Gasteiger partial charge on any atom is 0.338 e. The number of nitrogens with one attached hydrogen (secondary N) is 1. The molecule has 0 aliphatic heterocycles. The number of thiophene rings is 1. The molecule has 31 heavy (non-hydrogen) atoms. The van der Waals surface area contributed by atoms with E-state index in [-0.39, 0.29) is 0 Å². The third-order valence-corrected chi connectivity index (χ3v) is 6.56. The van der Waals surface area contributed by atoms with E-state index >= 15 is 0 Å². The summed E-state index contributed by atoms with van der Waals surface area (Å²) >= 11 is 1.49. The highest BCUT2D eigenvalue weighted by atomic mass is 32.1. The molecule has 1 heterocycles. The van der Waals surface area contributed by atoms with Crippen LogP contribution in [0.1, 0.15) is 45.0 Å². The number of rotatable bonds is 5. The van der Waals surface area contributed by atoms with E-state index in [0.717, 1.165) is 40.2 Å². The number of anilines is 1. The number of aryl methyl sites for hydroxylation is 1. The summed E-state index contributed by atoms with van der Waals surface area (Å²) in [5.41, 5.74) is 5.90. The van der Waals surface area contributed by atoms with Crippen LogP contribution in [-0.4, -0.2) is 29.9 Å². The second kappa shape index (κ2) is 10.2. The van der Waals surface area contributed by atoms with Crippen LogP contribution >= 0.6 is 11.3 Å². The van der Waals surface area contributed by atoms with E-state index in [4.69, 9.17) is 0 Å². The summed E-state index contributed by atoms with van der Waals surface area (Å²) in [7, 11) is 3.25. The van der Waals surface area contributed by atoms with Crippen molar-refractivity contribution in [3.63, 3.8) is 0 Å². The lowest BCUT2D eigenvalue weighted by atomic mass is 9.80. The van der Waals surface area contributed by atoms with Crippen LogP contribution in [0, 0.1) is 4.91 Å². The van der Waals surface area contributed by atoms with Crippen LogP contribution in [0.4, 0.5) is 10.7 Å². The summed E-state index contributed by atoms with van der Waals surface area (Å²) in [6, 6.07) is 15.7. The highest BCUT2D eigenvalue weighted by molar-refractivity contribution is 7.14. The molecule has 3 aromatic rings. The van der Waals surface area contributed by atoms with Crippen LogP contribution in [0.2, 0.25) is 0 Å². The van der Waals surface area contributed by atoms with E-state index in [0.29, 0.717) is 17.2 Å². The van der Waals surface area contributed by atoms with Gasteiger partial charge in [-0.2, -0.15) is 0 Å². The fourth-order valence-electron chi connectivity index (χ4n) is 3.86. The fourth-order valence-corrected chi connectivity index (χ4v) is 4.86. The van der Waals surface area contributed by atoms with Crippen molar-refractivity contribution in [2.75, 3.05) is 19.4 Å². The van der Waals surface area contributed by atoms with Crippen molar-refractivity contribution in [3.8, 4) is 0 Å². The number of carbonyl (C=O) groups is 1. The van der Waals surface area contributed by atoms with Crippen LogP contribution in [-0.2, 0) is 12.8 Å². The standard InChI is InChI=1S/C16H17NO2S.C9H10NO/c1-17-15-14(16(18)19)13(9-20-15)12-7-6-10-4-2-3-5-11(10)8-12;1-3-8-4-6-9(7-5-8)10(2)11/h2-5,9,12,17H,6-8H2,1H3,(H,18,19);3-7H,1H2,2H3/q;+1. The summed E-state index contributed by atoms with van der Waals surface area (Å²) in [5, 5.41) is 15.2. The van der Waals surface area contributed by atoms with Gasteiger partial charge in [0.25, 0.3) is 5.69 Å². The largest absolute Gasteiger partial charge is 0.478 e. The SMILES string of the molecule is C=Cc1ccc([N+](C)=O)cc1.CNc1scc(C2CCc3ccccc3C2)c1C(=O)O. The van der Waals surface area contributed by atoms with Crippen molar-refractivity contribution in [3.05, 3.63) is 93.2 Å². The van der Waals surface area contributed by atoms with Crippen molar-refractivity contribution in [1.82, 2.24) is 0 Å². The Morgan fingerprint density at radius 2 is 1.87 bits per heavy atom. The Hall–Kier alpha value is -3.25. The van der Waals surface area contributed by atoms with Crippen LogP contribution in [0.5, 0.6) is 0 Å². The molecule has 0 saturated heterocycles. The van der Waals surface area contributed by atoms with E-state index < -0.39 is 5.97 Å². The fraction of sp³-hybridized carbons (Fsp3) is 0.240. The molecule has 0 spiro atoms. The molecule has 0 radical (unpaired) electrons. The molecule has 5 nitrogen and oxygen atoms in total. The van der Waals surface area contributed by atoms with Gasteiger partial charge in [-0.05, 0) is 64.9 Å². The topological polar surface area (TPSA) is 69.4 Å². The van der Waals surface area contributed by atoms with Crippen LogP contribution in [0.3, 0.4) is 0 Å². The average molecular weight is 436 g/mol. The van der Waals surface area contributed by atoms with E-state index in [1.54, 1.807) is 25.3 Å². The van der Waals surface area contributed by atoms with Gasteiger partial charge in [0.15, 0.2) is 7.05 Å². The molecule has 1 aromatic heterocycles. The number of hydrogen-bond donors (Lipinski definition) is 2. The summed E-state index contributed by atoms with van der Waals surface area (Å²) in [6.45, 7) is 3.61. The van der Waals surface area contributed by atoms with Crippen molar-refractivity contribution in [1.29, 1.82) is 0 Å². The molecular weight excluding hydrogens is 408 g/mol. The van der Waals surface area contributed by atoms with E-state index in [9.17, 15) is 14.8 Å². The third kappa shape index (κ3) is 5.27. The lowest BCUT2D eigenvalue weighted by Crippen LogP contribution is -2.15. The molecular formula is C25H27N2O3S+. The number of benzene rings is 2. The van der Waals surface area contributed by atoms with E-state index in [2.05, 4.69) is 36.2 Å². The van der Waals surface area contributed by atoms with Crippen molar-refractivity contribution >= 4 is 34.1 Å². The first-order valence-corrected chi connectivity index (χ1v) is 11.0. The molecule has 0 fully saturated rings. The summed E-state index contributed by atoms with van der Waals surface area (Å²) in [6.07, 6.45) is 4.74. The number of fused-ring (bicyclic) bond motifs is 1. The number of nitrogens with zero attached hydrogens (tertiary/aromatic N) is 1. The molecule has 6 heteroatoms. The zero-order valence-electron chi connectivity index (χ0n) is 17.8. The minimum Gasteiger partial charge on any atom is -0.478 e. The molecule has 1 unspecified atom stereocenters. The molecule has 4 rings (SSSR count). The van der Waals surface area contributed by atoms with Gasteiger partial charge < -0.3 is 10.4 Å². The Morgan fingerprint density at radius 3 is 2.45 bits per heavy atom. The second-order valence-electron chi connectivity index (χ2n) is 7.45. The molecule has 0 amide bonds. The first kappa shape index (κ1) is 22.4. The molecule has 0 bridgehead atoms. The molecule has 1 atom stereocenters. The van der Waals surface area contributed by atoms with Gasteiger partial charge in [0.05, 0.1) is 5.56 Å². The highest BCUT2D eigenvalue weighted by Gasteiger charge is 2.27. The summed E-state index contributed by atoms with van der Waals surface area (Å²) in [5.74, 6) is -0.515. The molecule has 1 aliphatic carbocycles. The Morgan fingerprint density at radius 1 is 1.19 bits per heavy atom. The van der Waals surface area contributed by atoms with Gasteiger partial charge in [0.1, 0.15) is 5.00 Å². The van der Waals surface area contributed by atoms with Crippen LogP contribution < -0.4 is 5.32 Å². The maximum atomic E-state index is 11.5. The molecule has 1 aliphatic rings. The van der Waals surface area contributed by atoms with Gasteiger partial charge in [-0.3, -0.25) is 0 Å². The summed E-state index contributed by atoms with van der Waals surface area (Å²) < 4.78 is 0.826. The van der Waals surface area contributed by atoms with Gasteiger partial charge >= 0.3 is 5.97 Å². The normalized spacial score (nSPS) is 14.6. The predicted molar refractivity (Wildman–Crippen MR) is 128 cm³/mol. The molecule has 2 aromatic carbocycles. The Bertz CT molecular complexity index is 1090. The smallest absolute Gasteiger partial charge is 0.338 e. The second-order valence-corrected chi connectivity index (χ2v) is 8.33. The highest BCUT2D eigenvalue weighted by Crippen LogP contribution is 2.39. The minimum atomic E-state index is -0.829. The van der Waals surface area contributed by atoms with Gasteiger partial charge in [-0.15, -0.1) is 11.3 Å². The number of nitroso groups, excluding NO2 is 1. The maximum absolute atomic E-state index is 11.5. The van der Waals surface area contributed by atoms with E-state index in [1.807, 2.05) is 17.5 Å². The van der Waals surface area contributed by atoms with Gasteiger partial charge in [0, 0.05) is 28.8 Å². The van der Waals surface area contributed by atoms with E-state index in [1.165, 1.54) is 29.5 Å². The quantitative estimate of drug-likeness (QED) is 0.473. The Labute approximate surface area is 186 Å². The van der Waals surface area contributed by atoms with Crippen LogP contribution in [0.15, 0.2) is 60.5 Å². The van der Waals surface area contributed by atoms with Gasteiger partial charge in [-0.25, -0.2) is 4.79 Å². The van der Waals surface area contributed by atoms with Crippen molar-refractivity contribution in [2.24, 2.45) is 0 Å². The van der Waals surface area contributed by atoms with Crippen molar-refractivity contribution in [2.45, 2.75) is 25.2 Å². The zero-order valence-corrected chi connectivity index (χ0v) is 18.6. The Kier molecular flexibility index (Phi) is 7.36. The lowest BCUT2D eigenvalue weighted by Gasteiger charge is -2.24. The minimum absolute atomic E-state index is 0.314. The summed E-state index contributed by atoms with van der Waals surface area (Å²) in [4.78, 5) is 22.3. The zero-order chi connectivity index (χ0) is 22.4. The number of carboxylic acid groups (broad SMARTS) is 1. The van der Waals surface area contributed by atoms with Gasteiger partial charge in [0.2, 0.25) is 0 Å². The third-order valence-electron chi connectivity index (χ3n) is 5.54. The van der Waals surface area contributed by atoms with Crippen LogP contribution in [0.25, 0.3) is 6.08 Å². The first-order chi connectivity index (χ1) is 14.9. The van der Waals surface area contributed by atoms with Gasteiger partial charge in [-0.1, -0.05) is 36.9 Å². The number of hydrogen-bond acceptors (Lipinski definition) is 4. The Balaban J connectivity index is 0.000000210. The monoisotopic (exact) mass is 435 g/mol. The average Bonchev–Trinajstić information content (AvgIpc) is 3.24. The lowest BCUT2D eigenvalue weighted by molar-refractivity contribution is -0.428. The number of carboxylic acids is 1.